The van der Waals surface area contributed by atoms with Crippen LogP contribution in [0.2, 0.25) is 0 Å². The maximum Gasteiger partial charge on any atom is 0.252 e. The van der Waals surface area contributed by atoms with Crippen LogP contribution in [0.5, 0.6) is 5.75 Å². The van der Waals surface area contributed by atoms with Crippen LogP contribution in [-0.4, -0.2) is 18.3 Å². The Morgan fingerprint density at radius 1 is 0.903 bits per heavy atom. The number of anilines is 1. The highest BCUT2D eigenvalue weighted by Gasteiger charge is 2.11. The van der Waals surface area contributed by atoms with Gasteiger partial charge in [0.1, 0.15) is 5.75 Å². The van der Waals surface area contributed by atoms with Gasteiger partial charge in [-0.25, -0.2) is 0 Å². The van der Waals surface area contributed by atoms with Gasteiger partial charge in [0.2, 0.25) is 5.91 Å². The van der Waals surface area contributed by atoms with Gasteiger partial charge in [0.25, 0.3) is 5.24 Å². The van der Waals surface area contributed by atoms with Crippen LogP contribution in [0.4, 0.5) is 5.69 Å². The van der Waals surface area contributed by atoms with Crippen molar-refractivity contribution in [1.82, 2.24) is 0 Å². The zero-order valence-corrected chi connectivity index (χ0v) is 20.1. The summed E-state index contributed by atoms with van der Waals surface area (Å²) in [5, 5.41) is 2.26. The summed E-state index contributed by atoms with van der Waals surface area (Å²) >= 11 is 5.52. The average Bonchev–Trinajstić information content (AvgIpc) is 2.76. The number of hydrogen-bond acceptors (Lipinski definition) is 3. The zero-order chi connectivity index (χ0) is 22.7. The lowest BCUT2D eigenvalue weighted by molar-refractivity contribution is -0.116. The molecule has 0 heterocycles. The highest BCUT2D eigenvalue weighted by molar-refractivity contribution is 6.67. The van der Waals surface area contributed by atoms with E-state index in [1.807, 2.05) is 0 Å². The Bertz CT molecular complexity index is 673. The molecule has 5 heteroatoms. The second-order valence-corrected chi connectivity index (χ2v) is 8.41. The Kier molecular flexibility index (Phi) is 15.7. The number of unbranched alkanes of at least 4 members (excludes halogenated alkanes) is 11. The molecule has 0 radical (unpaired) electrons. The molecule has 1 aromatic rings. The molecule has 0 unspecified atom stereocenters. The third kappa shape index (κ3) is 13.3. The molecule has 0 aliphatic heterocycles. The summed E-state index contributed by atoms with van der Waals surface area (Å²) in [7, 11) is 1.52. The van der Waals surface area contributed by atoms with Crippen molar-refractivity contribution < 1.29 is 14.3 Å². The van der Waals surface area contributed by atoms with Gasteiger partial charge in [-0.15, -0.1) is 0 Å². The highest BCUT2D eigenvalue weighted by Crippen LogP contribution is 2.26. The van der Waals surface area contributed by atoms with Gasteiger partial charge in [0.15, 0.2) is 0 Å². The van der Waals surface area contributed by atoms with Gasteiger partial charge in [-0.3, -0.25) is 9.59 Å². The summed E-state index contributed by atoms with van der Waals surface area (Å²) in [6.07, 6.45) is 21.1. The van der Waals surface area contributed by atoms with Crippen molar-refractivity contribution in [2.24, 2.45) is 0 Å². The van der Waals surface area contributed by atoms with Crippen LogP contribution in [0, 0.1) is 0 Å². The number of rotatable bonds is 18. The molecule has 0 fully saturated rings. The highest BCUT2D eigenvalue weighted by atomic mass is 35.5. The maximum atomic E-state index is 12.2. The number of ether oxygens (including phenoxy) is 1. The van der Waals surface area contributed by atoms with E-state index < -0.39 is 5.24 Å². The SMILES string of the molecule is CCCCCCCC/C=C\CCCCCCCC(=O)Nc1cc(C(=O)Cl)ccc1OC. The molecule has 1 aromatic carbocycles. The van der Waals surface area contributed by atoms with Crippen molar-refractivity contribution in [2.45, 2.75) is 96.8 Å². The molecule has 0 aliphatic carbocycles. The fourth-order valence-electron chi connectivity index (χ4n) is 3.50. The second-order valence-electron chi connectivity index (χ2n) is 8.07. The lowest BCUT2D eigenvalue weighted by Crippen LogP contribution is -2.12. The number of halogens is 1. The molecular weight excluding hydrogens is 410 g/mol. The van der Waals surface area contributed by atoms with Gasteiger partial charge in [-0.1, -0.05) is 70.4 Å². The largest absolute Gasteiger partial charge is 0.495 e. The monoisotopic (exact) mass is 449 g/mol. The zero-order valence-electron chi connectivity index (χ0n) is 19.4. The van der Waals surface area contributed by atoms with Crippen molar-refractivity contribution in [1.29, 1.82) is 0 Å². The van der Waals surface area contributed by atoms with E-state index in [1.165, 1.54) is 64.9 Å². The molecule has 0 aromatic heterocycles. The number of carbonyl (C=O) groups is 2. The number of carbonyl (C=O) groups excluding carboxylic acids is 2. The van der Waals surface area contributed by atoms with Crippen molar-refractivity contribution >= 4 is 28.4 Å². The minimum atomic E-state index is -0.560. The third-order valence-corrected chi connectivity index (χ3v) is 5.58. The predicted molar refractivity (Wildman–Crippen MR) is 131 cm³/mol. The van der Waals surface area contributed by atoms with E-state index in [0.29, 0.717) is 23.4 Å². The Hall–Kier alpha value is -1.81. The number of benzene rings is 1. The van der Waals surface area contributed by atoms with Gasteiger partial charge in [0, 0.05) is 12.0 Å². The van der Waals surface area contributed by atoms with E-state index in [1.54, 1.807) is 18.2 Å². The van der Waals surface area contributed by atoms with Crippen molar-refractivity contribution in [2.75, 3.05) is 12.4 Å². The minimum Gasteiger partial charge on any atom is -0.495 e. The quantitative estimate of drug-likeness (QED) is 0.140. The topological polar surface area (TPSA) is 55.4 Å². The minimum absolute atomic E-state index is 0.0740. The first-order valence-corrected chi connectivity index (χ1v) is 12.3. The predicted octanol–water partition coefficient (Wildman–Crippen LogP) is 8.05. The van der Waals surface area contributed by atoms with Crippen molar-refractivity contribution in [3.05, 3.63) is 35.9 Å². The standard InChI is InChI=1S/C26H40ClNO3/c1-3-4-5-6-7-8-9-10-11-12-13-14-15-16-17-18-25(29)28-23-21-22(26(27)30)19-20-24(23)31-2/h10-11,19-21H,3-9,12-18H2,1-2H3,(H,28,29)/b11-10-. The number of hydrogen-bond donors (Lipinski definition) is 1. The van der Waals surface area contributed by atoms with E-state index >= 15 is 0 Å². The lowest BCUT2D eigenvalue weighted by atomic mass is 10.1. The molecule has 174 valence electrons. The van der Waals surface area contributed by atoms with Gasteiger partial charge in [0.05, 0.1) is 12.8 Å². The number of methoxy groups -OCH3 is 1. The fourth-order valence-corrected chi connectivity index (χ4v) is 3.61. The van der Waals surface area contributed by atoms with Crippen LogP contribution in [0.15, 0.2) is 30.4 Å². The van der Waals surface area contributed by atoms with Crippen LogP contribution in [0.25, 0.3) is 0 Å². The summed E-state index contributed by atoms with van der Waals surface area (Å²) in [5.41, 5.74) is 0.811. The molecule has 0 saturated carbocycles. The van der Waals surface area contributed by atoms with Gasteiger partial charge < -0.3 is 10.1 Å². The van der Waals surface area contributed by atoms with E-state index in [2.05, 4.69) is 24.4 Å². The van der Waals surface area contributed by atoms with Crippen molar-refractivity contribution in [3.63, 3.8) is 0 Å². The third-order valence-electron chi connectivity index (χ3n) is 5.37. The van der Waals surface area contributed by atoms with E-state index in [4.69, 9.17) is 16.3 Å². The average molecular weight is 450 g/mol. The first-order valence-electron chi connectivity index (χ1n) is 11.9. The maximum absolute atomic E-state index is 12.2. The summed E-state index contributed by atoms with van der Waals surface area (Å²) in [6.45, 7) is 2.26. The molecule has 1 amide bonds. The van der Waals surface area contributed by atoms with E-state index in [9.17, 15) is 9.59 Å². The summed E-state index contributed by atoms with van der Waals surface area (Å²) in [4.78, 5) is 23.5. The van der Waals surface area contributed by atoms with E-state index in [-0.39, 0.29) is 5.91 Å². The normalized spacial score (nSPS) is 11.1. The molecule has 1 rings (SSSR count). The van der Waals surface area contributed by atoms with Crippen LogP contribution >= 0.6 is 11.6 Å². The molecular formula is C26H40ClNO3. The van der Waals surface area contributed by atoms with Gasteiger partial charge in [-0.05, 0) is 61.9 Å². The molecule has 0 atom stereocenters. The van der Waals surface area contributed by atoms with Crippen LogP contribution in [-0.2, 0) is 4.79 Å². The summed E-state index contributed by atoms with van der Waals surface area (Å²) in [6, 6.07) is 4.76. The molecule has 4 nitrogen and oxygen atoms in total. The second kappa shape index (κ2) is 17.8. The molecule has 31 heavy (non-hydrogen) atoms. The number of amides is 1. The Balaban J connectivity index is 2.07. The van der Waals surface area contributed by atoms with Crippen LogP contribution in [0.3, 0.4) is 0 Å². The van der Waals surface area contributed by atoms with Crippen molar-refractivity contribution in [3.8, 4) is 5.75 Å². The number of allylic oxidation sites excluding steroid dienone is 2. The molecule has 0 bridgehead atoms. The smallest absolute Gasteiger partial charge is 0.252 e. The van der Waals surface area contributed by atoms with Crippen LogP contribution < -0.4 is 10.1 Å². The Labute approximate surface area is 193 Å². The summed E-state index contributed by atoms with van der Waals surface area (Å²) in [5.74, 6) is 0.440. The lowest BCUT2D eigenvalue weighted by Gasteiger charge is -2.11. The first-order chi connectivity index (χ1) is 15.1. The Morgan fingerprint density at radius 3 is 2.06 bits per heavy atom. The molecule has 0 spiro atoms. The molecule has 0 saturated heterocycles. The molecule has 1 N–H and O–H groups in total. The molecule has 0 aliphatic rings. The van der Waals surface area contributed by atoms with Gasteiger partial charge in [-0.2, -0.15) is 0 Å². The Morgan fingerprint density at radius 2 is 1.48 bits per heavy atom. The fraction of sp³-hybridized carbons (Fsp3) is 0.615. The summed E-state index contributed by atoms with van der Waals surface area (Å²) < 4.78 is 5.24. The van der Waals surface area contributed by atoms with Crippen LogP contribution in [0.1, 0.15) is 107 Å². The number of nitrogens with one attached hydrogen (secondary N) is 1. The van der Waals surface area contributed by atoms with Gasteiger partial charge >= 0.3 is 0 Å². The first kappa shape index (κ1) is 27.2. The van der Waals surface area contributed by atoms with E-state index in [0.717, 1.165) is 25.7 Å².